The first-order chi connectivity index (χ1) is 8.59. The third-order valence-corrected chi connectivity index (χ3v) is 3.83. The van der Waals surface area contributed by atoms with Crippen molar-refractivity contribution in [1.29, 1.82) is 0 Å². The Kier molecular flexibility index (Phi) is 2.36. The molecule has 1 aromatic carbocycles. The van der Waals surface area contributed by atoms with E-state index in [4.69, 9.17) is 5.73 Å². The highest BCUT2D eigenvalue weighted by atomic mass is 19.1. The summed E-state index contributed by atoms with van der Waals surface area (Å²) in [4.78, 5) is 25.4. The number of imide groups is 1. The first kappa shape index (κ1) is 11.2. The number of nitrogen functional groups attached to an aromatic ring is 1. The lowest BCUT2D eigenvalue weighted by atomic mass is 10.00. The summed E-state index contributed by atoms with van der Waals surface area (Å²) in [6.07, 6.45) is 2.42. The van der Waals surface area contributed by atoms with Gasteiger partial charge in [0.1, 0.15) is 5.82 Å². The van der Waals surface area contributed by atoms with Gasteiger partial charge in [-0.15, -0.1) is 0 Å². The van der Waals surface area contributed by atoms with Crippen LogP contribution in [0.4, 0.5) is 15.8 Å². The Morgan fingerprint density at radius 3 is 2.33 bits per heavy atom. The second-order valence-corrected chi connectivity index (χ2v) is 4.86. The molecule has 2 aliphatic rings. The molecule has 1 heterocycles. The third-order valence-electron chi connectivity index (χ3n) is 3.83. The van der Waals surface area contributed by atoms with Gasteiger partial charge in [0.25, 0.3) is 0 Å². The number of rotatable bonds is 1. The maximum Gasteiger partial charge on any atom is 0.237 e. The zero-order valence-electron chi connectivity index (χ0n) is 9.73. The van der Waals surface area contributed by atoms with Gasteiger partial charge in [-0.1, -0.05) is 6.42 Å². The van der Waals surface area contributed by atoms with Crippen LogP contribution in [0.3, 0.4) is 0 Å². The van der Waals surface area contributed by atoms with E-state index in [1.807, 2.05) is 0 Å². The lowest BCUT2D eigenvalue weighted by Gasteiger charge is -2.16. The predicted octanol–water partition coefficient (Wildman–Crippen LogP) is 1.70. The number of anilines is 2. The quantitative estimate of drug-likeness (QED) is 0.607. The van der Waals surface area contributed by atoms with Crippen molar-refractivity contribution in [2.45, 2.75) is 19.3 Å². The average molecular weight is 248 g/mol. The molecule has 0 bridgehead atoms. The molecular weight excluding hydrogens is 235 g/mol. The maximum absolute atomic E-state index is 13.4. The third kappa shape index (κ3) is 1.43. The molecule has 2 fully saturated rings. The van der Waals surface area contributed by atoms with Crippen molar-refractivity contribution in [3.8, 4) is 0 Å². The molecule has 1 aromatic rings. The van der Waals surface area contributed by atoms with Crippen LogP contribution in [-0.2, 0) is 9.59 Å². The molecule has 0 radical (unpaired) electrons. The van der Waals surface area contributed by atoms with Crippen molar-refractivity contribution in [1.82, 2.24) is 0 Å². The summed E-state index contributed by atoms with van der Waals surface area (Å²) >= 11 is 0. The summed E-state index contributed by atoms with van der Waals surface area (Å²) in [6, 6.07) is 4.03. The van der Waals surface area contributed by atoms with Crippen molar-refractivity contribution >= 4 is 23.2 Å². The Balaban J connectivity index is 1.99. The Morgan fingerprint density at radius 2 is 1.78 bits per heavy atom. The van der Waals surface area contributed by atoms with Gasteiger partial charge in [0.15, 0.2) is 0 Å². The zero-order valence-corrected chi connectivity index (χ0v) is 9.73. The number of amides is 2. The molecule has 1 aliphatic carbocycles. The molecule has 5 heteroatoms. The Hall–Kier alpha value is -1.91. The summed E-state index contributed by atoms with van der Waals surface area (Å²) in [7, 11) is 0. The molecule has 2 atom stereocenters. The highest BCUT2D eigenvalue weighted by Gasteiger charge is 2.50. The number of carbonyl (C=O) groups is 2. The number of carbonyl (C=O) groups excluding carboxylic acids is 2. The number of benzene rings is 1. The van der Waals surface area contributed by atoms with E-state index in [1.165, 1.54) is 12.1 Å². The minimum Gasteiger partial charge on any atom is -0.396 e. The number of fused-ring (bicyclic) bond motifs is 1. The topological polar surface area (TPSA) is 63.4 Å². The minimum atomic E-state index is -0.606. The van der Waals surface area contributed by atoms with Crippen LogP contribution in [0.2, 0.25) is 0 Å². The van der Waals surface area contributed by atoms with Crippen molar-refractivity contribution < 1.29 is 14.0 Å². The fourth-order valence-corrected chi connectivity index (χ4v) is 2.90. The zero-order chi connectivity index (χ0) is 12.9. The van der Waals surface area contributed by atoms with E-state index in [1.54, 1.807) is 0 Å². The van der Waals surface area contributed by atoms with Crippen LogP contribution in [0.15, 0.2) is 18.2 Å². The number of nitrogens with two attached hydrogens (primary N) is 1. The molecule has 1 saturated carbocycles. The lowest BCUT2D eigenvalue weighted by Crippen LogP contribution is -2.31. The molecule has 2 amide bonds. The van der Waals surface area contributed by atoms with Crippen LogP contribution in [0.5, 0.6) is 0 Å². The number of nitrogens with zero attached hydrogens (tertiary/aromatic N) is 1. The molecule has 4 nitrogen and oxygen atoms in total. The molecule has 18 heavy (non-hydrogen) atoms. The van der Waals surface area contributed by atoms with Crippen LogP contribution in [-0.4, -0.2) is 11.8 Å². The normalized spacial score (nSPS) is 26.8. The van der Waals surface area contributed by atoms with Crippen LogP contribution >= 0.6 is 0 Å². The highest BCUT2D eigenvalue weighted by molar-refractivity contribution is 6.22. The molecule has 1 saturated heterocycles. The molecule has 94 valence electrons. The summed E-state index contributed by atoms with van der Waals surface area (Å²) in [6.45, 7) is 0. The van der Waals surface area contributed by atoms with Crippen molar-refractivity contribution in [2.24, 2.45) is 11.8 Å². The van der Waals surface area contributed by atoms with Gasteiger partial charge in [-0.05, 0) is 25.0 Å². The molecule has 0 aromatic heterocycles. The summed E-state index contributed by atoms with van der Waals surface area (Å²) in [5, 5.41) is 0. The number of hydrogen-bond donors (Lipinski definition) is 1. The molecule has 1 aliphatic heterocycles. The standard InChI is InChI=1S/C13H13FN2O2/c14-10-6-7(4-5-11(10)15)16-12(17)8-2-1-3-9(8)13(16)18/h4-6,8-9H,1-3,15H2. The van der Waals surface area contributed by atoms with E-state index in [9.17, 15) is 14.0 Å². The number of hydrogen-bond acceptors (Lipinski definition) is 3. The SMILES string of the molecule is Nc1ccc(N2C(=O)C3CCCC3C2=O)cc1F. The van der Waals surface area contributed by atoms with Gasteiger partial charge in [-0.2, -0.15) is 0 Å². The molecular formula is C13H13FN2O2. The Bertz CT molecular complexity index is 522. The van der Waals surface area contributed by atoms with Gasteiger partial charge >= 0.3 is 0 Å². The van der Waals surface area contributed by atoms with E-state index < -0.39 is 5.82 Å². The summed E-state index contributed by atoms with van der Waals surface area (Å²) in [5.74, 6) is -1.43. The smallest absolute Gasteiger partial charge is 0.237 e. The van der Waals surface area contributed by atoms with Crippen LogP contribution in [0.1, 0.15) is 19.3 Å². The van der Waals surface area contributed by atoms with Crippen molar-refractivity contribution in [2.75, 3.05) is 10.6 Å². The number of halogens is 1. The summed E-state index contributed by atoms with van der Waals surface area (Å²) in [5.41, 5.74) is 5.68. The summed E-state index contributed by atoms with van der Waals surface area (Å²) < 4.78 is 13.4. The molecule has 3 rings (SSSR count). The Morgan fingerprint density at radius 1 is 1.17 bits per heavy atom. The monoisotopic (exact) mass is 248 g/mol. The molecule has 0 spiro atoms. The molecule has 2 N–H and O–H groups in total. The van der Waals surface area contributed by atoms with E-state index in [2.05, 4.69) is 0 Å². The Labute approximate surface area is 104 Å². The predicted molar refractivity (Wildman–Crippen MR) is 64.1 cm³/mol. The first-order valence-corrected chi connectivity index (χ1v) is 6.02. The van der Waals surface area contributed by atoms with Gasteiger partial charge < -0.3 is 5.73 Å². The maximum atomic E-state index is 13.4. The highest BCUT2D eigenvalue weighted by Crippen LogP contribution is 2.41. The second kappa shape index (κ2) is 3.80. The van der Waals surface area contributed by atoms with Gasteiger partial charge in [-0.25, -0.2) is 9.29 Å². The van der Waals surface area contributed by atoms with Gasteiger partial charge in [0.05, 0.1) is 23.2 Å². The van der Waals surface area contributed by atoms with E-state index in [0.717, 1.165) is 30.2 Å². The van der Waals surface area contributed by atoms with Crippen LogP contribution in [0.25, 0.3) is 0 Å². The van der Waals surface area contributed by atoms with E-state index in [0.29, 0.717) is 0 Å². The first-order valence-electron chi connectivity index (χ1n) is 6.02. The van der Waals surface area contributed by atoms with E-state index in [-0.39, 0.29) is 35.0 Å². The molecule has 2 unspecified atom stereocenters. The lowest BCUT2D eigenvalue weighted by molar-refractivity contribution is -0.122. The fourth-order valence-electron chi connectivity index (χ4n) is 2.90. The average Bonchev–Trinajstić information content (AvgIpc) is 2.89. The largest absolute Gasteiger partial charge is 0.396 e. The van der Waals surface area contributed by atoms with Gasteiger partial charge in [0, 0.05) is 6.07 Å². The van der Waals surface area contributed by atoms with Gasteiger partial charge in [-0.3, -0.25) is 9.59 Å². The fraction of sp³-hybridized carbons (Fsp3) is 0.385. The van der Waals surface area contributed by atoms with Crippen LogP contribution < -0.4 is 10.6 Å². The van der Waals surface area contributed by atoms with Gasteiger partial charge in [0.2, 0.25) is 11.8 Å². The van der Waals surface area contributed by atoms with E-state index >= 15 is 0 Å². The van der Waals surface area contributed by atoms with Crippen molar-refractivity contribution in [3.05, 3.63) is 24.0 Å². The van der Waals surface area contributed by atoms with Crippen LogP contribution in [0, 0.1) is 17.7 Å². The second-order valence-electron chi connectivity index (χ2n) is 4.86. The van der Waals surface area contributed by atoms with Crippen molar-refractivity contribution in [3.63, 3.8) is 0 Å². The minimum absolute atomic E-state index is 0.0121.